The number of nitrogens with zero attached hydrogens (tertiary/aromatic N) is 1. The van der Waals surface area contributed by atoms with Gasteiger partial charge in [-0.2, -0.15) is 0 Å². The van der Waals surface area contributed by atoms with Crippen LogP contribution >= 0.6 is 11.6 Å². The first kappa shape index (κ1) is 23.0. The van der Waals surface area contributed by atoms with Crippen molar-refractivity contribution in [1.29, 1.82) is 0 Å². The summed E-state index contributed by atoms with van der Waals surface area (Å²) in [4.78, 5) is 12.5. The zero-order chi connectivity index (χ0) is 21.8. The van der Waals surface area contributed by atoms with E-state index in [2.05, 4.69) is 5.32 Å². The van der Waals surface area contributed by atoms with E-state index in [0.717, 1.165) is 9.87 Å². The summed E-state index contributed by atoms with van der Waals surface area (Å²) in [5.74, 6) is 0.344. The molecule has 0 aliphatic rings. The van der Waals surface area contributed by atoms with Crippen LogP contribution in [0.4, 0.5) is 5.69 Å². The van der Waals surface area contributed by atoms with Crippen LogP contribution in [-0.4, -0.2) is 45.4 Å². The number of nitrogens with one attached hydrogen (secondary N) is 1. The quantitative estimate of drug-likeness (QED) is 0.676. The molecule has 0 spiro atoms. The van der Waals surface area contributed by atoms with Gasteiger partial charge in [0.25, 0.3) is 5.91 Å². The molecule has 158 valence electrons. The average molecular weight is 441 g/mol. The van der Waals surface area contributed by atoms with Crippen molar-refractivity contribution in [3.8, 4) is 11.5 Å². The van der Waals surface area contributed by atoms with Gasteiger partial charge in [-0.1, -0.05) is 11.6 Å². The summed E-state index contributed by atoms with van der Waals surface area (Å²) in [6, 6.07) is 9.59. The van der Waals surface area contributed by atoms with E-state index in [1.807, 2.05) is 6.92 Å². The Hall–Kier alpha value is -2.29. The fourth-order valence-electron chi connectivity index (χ4n) is 2.49. The number of aryl methyl sites for hydroxylation is 1. The van der Waals surface area contributed by atoms with Crippen molar-refractivity contribution in [2.45, 2.75) is 31.8 Å². The van der Waals surface area contributed by atoms with Crippen LogP contribution in [-0.2, 0) is 14.8 Å². The van der Waals surface area contributed by atoms with Gasteiger partial charge in [0.2, 0.25) is 10.0 Å². The molecule has 2 rings (SSSR count). The fourth-order valence-corrected chi connectivity index (χ4v) is 3.77. The van der Waals surface area contributed by atoms with Crippen LogP contribution in [0.3, 0.4) is 0 Å². The summed E-state index contributed by atoms with van der Waals surface area (Å²) in [6.45, 7) is 5.51. The molecule has 1 atom stereocenters. The molecule has 0 saturated heterocycles. The number of rotatable bonds is 8. The molecule has 9 heteroatoms. The Morgan fingerprint density at radius 1 is 1.17 bits per heavy atom. The fraction of sp³-hybridized carbons (Fsp3) is 0.350. The molecule has 1 amide bonds. The van der Waals surface area contributed by atoms with Crippen LogP contribution in [0.2, 0.25) is 5.02 Å². The number of hydrogen-bond acceptors (Lipinski definition) is 5. The van der Waals surface area contributed by atoms with Gasteiger partial charge in [0.1, 0.15) is 16.4 Å². The zero-order valence-corrected chi connectivity index (χ0v) is 18.6. The number of sulfonamides is 1. The van der Waals surface area contributed by atoms with Crippen molar-refractivity contribution >= 4 is 33.2 Å². The monoisotopic (exact) mass is 440 g/mol. The number of anilines is 1. The Morgan fingerprint density at radius 2 is 1.83 bits per heavy atom. The van der Waals surface area contributed by atoms with Crippen LogP contribution < -0.4 is 14.8 Å². The minimum atomic E-state index is -3.75. The molecule has 1 N–H and O–H groups in total. The van der Waals surface area contributed by atoms with Crippen molar-refractivity contribution < 1.29 is 22.7 Å². The lowest BCUT2D eigenvalue weighted by atomic mass is 10.2. The minimum absolute atomic E-state index is 0.0238. The highest BCUT2D eigenvalue weighted by molar-refractivity contribution is 7.89. The van der Waals surface area contributed by atoms with Gasteiger partial charge in [0.15, 0.2) is 6.10 Å². The molecule has 0 bridgehead atoms. The van der Waals surface area contributed by atoms with Gasteiger partial charge in [-0.05, 0) is 62.7 Å². The van der Waals surface area contributed by atoms with Crippen LogP contribution in [0.25, 0.3) is 0 Å². The van der Waals surface area contributed by atoms with E-state index in [1.165, 1.54) is 26.2 Å². The first-order chi connectivity index (χ1) is 13.6. The Kier molecular flexibility index (Phi) is 7.51. The van der Waals surface area contributed by atoms with Crippen LogP contribution in [0.15, 0.2) is 41.3 Å². The Bertz CT molecular complexity index is 992. The lowest BCUT2D eigenvalue weighted by Gasteiger charge is -2.18. The SMILES string of the molecule is CCOc1ccc(NC(=O)[C@H](C)Oc2ccc(Cl)cc2C)cc1S(=O)(=O)N(C)C. The van der Waals surface area contributed by atoms with E-state index in [4.69, 9.17) is 21.1 Å². The second-order valence-corrected chi connectivity index (χ2v) is 9.10. The largest absolute Gasteiger partial charge is 0.492 e. The summed E-state index contributed by atoms with van der Waals surface area (Å²) in [7, 11) is -0.891. The van der Waals surface area contributed by atoms with Crippen LogP contribution in [0.1, 0.15) is 19.4 Å². The number of benzene rings is 2. The number of ether oxygens (including phenoxy) is 2. The second-order valence-electron chi connectivity index (χ2n) is 6.54. The molecule has 0 radical (unpaired) electrons. The first-order valence-corrected chi connectivity index (χ1v) is 10.8. The van der Waals surface area contributed by atoms with Gasteiger partial charge < -0.3 is 14.8 Å². The van der Waals surface area contributed by atoms with Crippen molar-refractivity contribution in [3.05, 3.63) is 47.0 Å². The molecular formula is C20H25ClN2O5S. The summed E-state index contributed by atoms with van der Waals surface area (Å²) >= 11 is 5.93. The van der Waals surface area contributed by atoms with Crippen LogP contribution in [0, 0.1) is 6.92 Å². The van der Waals surface area contributed by atoms with Gasteiger partial charge in [-0.3, -0.25) is 4.79 Å². The number of hydrogen-bond donors (Lipinski definition) is 1. The van der Waals surface area contributed by atoms with Gasteiger partial charge in [0, 0.05) is 24.8 Å². The highest BCUT2D eigenvalue weighted by Gasteiger charge is 2.24. The highest BCUT2D eigenvalue weighted by Crippen LogP contribution is 2.29. The van der Waals surface area contributed by atoms with Crippen molar-refractivity contribution in [1.82, 2.24) is 4.31 Å². The molecule has 0 aliphatic heterocycles. The average Bonchev–Trinajstić information content (AvgIpc) is 2.65. The van der Waals surface area contributed by atoms with E-state index in [0.29, 0.717) is 23.1 Å². The van der Waals surface area contributed by atoms with E-state index >= 15 is 0 Å². The lowest BCUT2D eigenvalue weighted by molar-refractivity contribution is -0.122. The molecule has 2 aromatic carbocycles. The third kappa shape index (κ3) is 5.62. The van der Waals surface area contributed by atoms with Gasteiger partial charge in [-0.25, -0.2) is 12.7 Å². The maximum Gasteiger partial charge on any atom is 0.265 e. The predicted octanol–water partition coefficient (Wildman–Crippen LogP) is 3.70. The summed E-state index contributed by atoms with van der Waals surface area (Å²) in [6.07, 6.45) is -0.810. The van der Waals surface area contributed by atoms with E-state index in [-0.39, 0.29) is 10.6 Å². The molecule has 0 aromatic heterocycles. The Morgan fingerprint density at radius 3 is 2.41 bits per heavy atom. The molecular weight excluding hydrogens is 416 g/mol. The number of carbonyl (C=O) groups is 1. The van der Waals surface area contributed by atoms with Crippen molar-refractivity contribution in [2.24, 2.45) is 0 Å². The Balaban J connectivity index is 2.23. The predicted molar refractivity (Wildman–Crippen MR) is 113 cm³/mol. The summed E-state index contributed by atoms with van der Waals surface area (Å²) < 4.78 is 37.4. The first-order valence-electron chi connectivity index (χ1n) is 8.99. The maximum absolute atomic E-state index is 12.6. The minimum Gasteiger partial charge on any atom is -0.492 e. The van der Waals surface area contributed by atoms with Gasteiger partial charge >= 0.3 is 0 Å². The normalized spacial score (nSPS) is 12.5. The van der Waals surface area contributed by atoms with Crippen molar-refractivity contribution in [3.63, 3.8) is 0 Å². The highest BCUT2D eigenvalue weighted by atomic mass is 35.5. The molecule has 0 saturated carbocycles. The van der Waals surface area contributed by atoms with E-state index in [1.54, 1.807) is 38.1 Å². The number of carbonyl (C=O) groups excluding carboxylic acids is 1. The standard InChI is InChI=1S/C20H25ClN2O5S/c1-6-27-18-10-8-16(12-19(18)29(25,26)23(4)5)22-20(24)14(3)28-17-9-7-15(21)11-13(17)2/h7-12,14H,6H2,1-5H3,(H,22,24)/t14-/m0/s1. The lowest BCUT2D eigenvalue weighted by Crippen LogP contribution is -2.30. The summed E-state index contributed by atoms with van der Waals surface area (Å²) in [5.41, 5.74) is 1.12. The number of amides is 1. The summed E-state index contributed by atoms with van der Waals surface area (Å²) in [5, 5.41) is 3.26. The molecule has 0 unspecified atom stereocenters. The maximum atomic E-state index is 12.6. The zero-order valence-electron chi connectivity index (χ0n) is 17.0. The third-order valence-electron chi connectivity index (χ3n) is 4.08. The van der Waals surface area contributed by atoms with Gasteiger partial charge in [0.05, 0.1) is 6.61 Å². The molecule has 0 aliphatic carbocycles. The molecule has 0 fully saturated rings. The molecule has 2 aromatic rings. The second kappa shape index (κ2) is 9.47. The van der Waals surface area contributed by atoms with Crippen LogP contribution in [0.5, 0.6) is 11.5 Å². The Labute approximate surface area is 176 Å². The third-order valence-corrected chi connectivity index (χ3v) is 6.15. The topological polar surface area (TPSA) is 84.9 Å². The van der Waals surface area contributed by atoms with Gasteiger partial charge in [-0.15, -0.1) is 0 Å². The molecule has 0 heterocycles. The molecule has 7 nitrogen and oxygen atoms in total. The number of halogens is 1. The van der Waals surface area contributed by atoms with E-state index < -0.39 is 22.0 Å². The van der Waals surface area contributed by atoms with Crippen molar-refractivity contribution in [2.75, 3.05) is 26.0 Å². The smallest absolute Gasteiger partial charge is 0.265 e. The van der Waals surface area contributed by atoms with E-state index in [9.17, 15) is 13.2 Å². The molecule has 29 heavy (non-hydrogen) atoms.